The van der Waals surface area contributed by atoms with Gasteiger partial charge in [0.2, 0.25) is 5.91 Å². The summed E-state index contributed by atoms with van der Waals surface area (Å²) in [6.45, 7) is 4.18. The minimum Gasteiger partial charge on any atom is -0.378 e. The van der Waals surface area contributed by atoms with Gasteiger partial charge in [-0.05, 0) is 18.1 Å². The van der Waals surface area contributed by atoms with E-state index in [0.29, 0.717) is 36.5 Å². The number of thiophene rings is 1. The molecule has 2 aromatic heterocycles. The van der Waals surface area contributed by atoms with Gasteiger partial charge in [0.1, 0.15) is 11.4 Å². The number of hydrogen-bond donors (Lipinski definition) is 0. The van der Waals surface area contributed by atoms with Crippen LogP contribution in [0.15, 0.2) is 41.5 Å². The van der Waals surface area contributed by atoms with E-state index in [1.54, 1.807) is 4.90 Å². The Labute approximate surface area is 154 Å². The highest BCUT2D eigenvalue weighted by molar-refractivity contribution is 7.22. The van der Waals surface area contributed by atoms with Gasteiger partial charge in [0.15, 0.2) is 0 Å². The van der Waals surface area contributed by atoms with Crippen molar-refractivity contribution in [3.8, 4) is 10.4 Å². The summed E-state index contributed by atoms with van der Waals surface area (Å²) >= 11 is 1.51. The third-order valence-electron chi connectivity index (χ3n) is 4.62. The predicted molar refractivity (Wildman–Crippen MR) is 101 cm³/mol. The Morgan fingerprint density at radius 3 is 2.69 bits per heavy atom. The SMILES string of the molecule is Cc1c(-c2ccccc2)sc2ncn(CC(=O)N3CCOCC3)c(=O)c12. The lowest BCUT2D eigenvalue weighted by molar-refractivity contribution is -0.135. The molecule has 4 rings (SSSR count). The molecule has 1 aliphatic heterocycles. The van der Waals surface area contributed by atoms with Gasteiger partial charge in [-0.1, -0.05) is 30.3 Å². The molecule has 0 spiro atoms. The van der Waals surface area contributed by atoms with Gasteiger partial charge in [0.25, 0.3) is 5.56 Å². The highest BCUT2D eigenvalue weighted by Gasteiger charge is 2.20. The number of aromatic nitrogens is 2. The number of benzene rings is 1. The standard InChI is InChI=1S/C19H19N3O3S/c1-13-16-18(26-17(13)14-5-3-2-4-6-14)20-12-22(19(16)24)11-15(23)21-7-9-25-10-8-21/h2-6,12H,7-11H2,1H3. The number of rotatable bonds is 3. The average molecular weight is 369 g/mol. The minimum absolute atomic E-state index is 0.0116. The molecular formula is C19H19N3O3S. The second kappa shape index (κ2) is 7.01. The fourth-order valence-electron chi connectivity index (χ4n) is 3.20. The van der Waals surface area contributed by atoms with Gasteiger partial charge in [-0.15, -0.1) is 11.3 Å². The van der Waals surface area contributed by atoms with Crippen LogP contribution in [0.5, 0.6) is 0 Å². The monoisotopic (exact) mass is 369 g/mol. The molecule has 0 atom stereocenters. The molecule has 0 saturated carbocycles. The third-order valence-corrected chi connectivity index (χ3v) is 5.87. The Balaban J connectivity index is 1.70. The highest BCUT2D eigenvalue weighted by Crippen LogP contribution is 2.35. The van der Waals surface area contributed by atoms with Crippen molar-refractivity contribution in [2.75, 3.05) is 26.3 Å². The number of hydrogen-bond acceptors (Lipinski definition) is 5. The van der Waals surface area contributed by atoms with Crippen LogP contribution in [0, 0.1) is 6.92 Å². The van der Waals surface area contributed by atoms with E-state index in [-0.39, 0.29) is 18.0 Å². The molecule has 1 aliphatic rings. The zero-order chi connectivity index (χ0) is 18.1. The van der Waals surface area contributed by atoms with Gasteiger partial charge in [-0.2, -0.15) is 0 Å². The Kier molecular flexibility index (Phi) is 4.57. The second-order valence-electron chi connectivity index (χ2n) is 6.27. The van der Waals surface area contributed by atoms with Crippen molar-refractivity contribution in [3.05, 3.63) is 52.6 Å². The van der Waals surface area contributed by atoms with Gasteiger partial charge < -0.3 is 9.64 Å². The van der Waals surface area contributed by atoms with Crippen LogP contribution in [0.1, 0.15) is 5.56 Å². The van der Waals surface area contributed by atoms with E-state index in [1.165, 1.54) is 22.2 Å². The summed E-state index contributed by atoms with van der Waals surface area (Å²) in [6, 6.07) is 9.97. The van der Waals surface area contributed by atoms with Gasteiger partial charge >= 0.3 is 0 Å². The van der Waals surface area contributed by atoms with Crippen LogP contribution in [0.25, 0.3) is 20.7 Å². The van der Waals surface area contributed by atoms with E-state index in [4.69, 9.17) is 4.74 Å². The Bertz CT molecular complexity index is 1000. The number of fused-ring (bicyclic) bond motifs is 1. The van der Waals surface area contributed by atoms with Crippen molar-refractivity contribution in [2.45, 2.75) is 13.5 Å². The number of nitrogens with zero attached hydrogens (tertiary/aromatic N) is 3. The Morgan fingerprint density at radius 2 is 1.96 bits per heavy atom. The maximum Gasteiger partial charge on any atom is 0.262 e. The maximum absolute atomic E-state index is 12.9. The molecule has 1 saturated heterocycles. The van der Waals surface area contributed by atoms with Crippen molar-refractivity contribution in [3.63, 3.8) is 0 Å². The number of amides is 1. The Hall–Kier alpha value is -2.51. The highest BCUT2D eigenvalue weighted by atomic mass is 32.1. The smallest absolute Gasteiger partial charge is 0.262 e. The van der Waals surface area contributed by atoms with E-state index in [9.17, 15) is 9.59 Å². The van der Waals surface area contributed by atoms with Crippen LogP contribution >= 0.6 is 11.3 Å². The molecule has 26 heavy (non-hydrogen) atoms. The Morgan fingerprint density at radius 1 is 1.23 bits per heavy atom. The molecule has 6 nitrogen and oxygen atoms in total. The summed E-state index contributed by atoms with van der Waals surface area (Å²) in [5.74, 6) is -0.0762. The van der Waals surface area contributed by atoms with Crippen molar-refractivity contribution >= 4 is 27.5 Å². The molecule has 7 heteroatoms. The molecule has 0 bridgehead atoms. The maximum atomic E-state index is 12.9. The molecular weight excluding hydrogens is 350 g/mol. The lowest BCUT2D eigenvalue weighted by Crippen LogP contribution is -2.43. The summed E-state index contributed by atoms with van der Waals surface area (Å²) in [5, 5.41) is 0.603. The molecule has 0 radical (unpaired) electrons. The van der Waals surface area contributed by atoms with E-state index in [0.717, 1.165) is 16.0 Å². The summed E-state index contributed by atoms with van der Waals surface area (Å²) in [4.78, 5) is 33.3. The predicted octanol–water partition coefficient (Wildman–Crippen LogP) is 2.29. The first-order chi connectivity index (χ1) is 12.6. The second-order valence-corrected chi connectivity index (χ2v) is 7.27. The van der Waals surface area contributed by atoms with Crippen molar-refractivity contribution in [1.29, 1.82) is 0 Å². The van der Waals surface area contributed by atoms with Gasteiger partial charge in [-0.3, -0.25) is 14.2 Å². The summed E-state index contributed by atoms with van der Waals surface area (Å²) in [6.07, 6.45) is 1.48. The van der Waals surface area contributed by atoms with Crippen LogP contribution in [0.4, 0.5) is 0 Å². The largest absolute Gasteiger partial charge is 0.378 e. The van der Waals surface area contributed by atoms with E-state index in [1.807, 2.05) is 37.3 Å². The molecule has 1 amide bonds. The molecule has 134 valence electrons. The molecule has 0 aliphatic carbocycles. The third kappa shape index (κ3) is 3.04. The van der Waals surface area contributed by atoms with Crippen LogP contribution in [0.3, 0.4) is 0 Å². The number of carbonyl (C=O) groups is 1. The van der Waals surface area contributed by atoms with Crippen LogP contribution in [0.2, 0.25) is 0 Å². The quantitative estimate of drug-likeness (QED) is 0.711. The molecule has 0 N–H and O–H groups in total. The van der Waals surface area contributed by atoms with E-state index in [2.05, 4.69) is 4.98 Å². The van der Waals surface area contributed by atoms with Crippen molar-refractivity contribution in [2.24, 2.45) is 0 Å². The molecule has 1 fully saturated rings. The first-order valence-corrected chi connectivity index (χ1v) is 9.36. The first kappa shape index (κ1) is 16.9. The lowest BCUT2D eigenvalue weighted by atomic mass is 10.1. The number of aryl methyl sites for hydroxylation is 1. The van der Waals surface area contributed by atoms with E-state index < -0.39 is 0 Å². The number of carbonyl (C=O) groups excluding carboxylic acids is 1. The first-order valence-electron chi connectivity index (χ1n) is 8.54. The average Bonchev–Trinajstić information content (AvgIpc) is 3.02. The van der Waals surface area contributed by atoms with Crippen molar-refractivity contribution < 1.29 is 9.53 Å². The normalized spacial score (nSPS) is 14.7. The van der Waals surface area contributed by atoms with Gasteiger partial charge in [0.05, 0.1) is 24.9 Å². The topological polar surface area (TPSA) is 64.4 Å². The fourth-order valence-corrected chi connectivity index (χ4v) is 4.34. The van der Waals surface area contributed by atoms with Gasteiger partial charge in [-0.25, -0.2) is 4.98 Å². The molecule has 3 aromatic rings. The number of morpholine rings is 1. The number of ether oxygens (including phenoxy) is 1. The zero-order valence-electron chi connectivity index (χ0n) is 14.5. The van der Waals surface area contributed by atoms with Crippen molar-refractivity contribution in [1.82, 2.24) is 14.5 Å². The summed E-state index contributed by atoms with van der Waals surface area (Å²) in [5.41, 5.74) is 1.83. The van der Waals surface area contributed by atoms with Crippen LogP contribution < -0.4 is 5.56 Å². The van der Waals surface area contributed by atoms with Gasteiger partial charge in [0, 0.05) is 18.0 Å². The summed E-state index contributed by atoms with van der Waals surface area (Å²) in [7, 11) is 0. The fraction of sp³-hybridized carbons (Fsp3) is 0.316. The molecule has 0 unspecified atom stereocenters. The minimum atomic E-state index is -0.160. The molecule has 3 heterocycles. The summed E-state index contributed by atoms with van der Waals surface area (Å²) < 4.78 is 6.68. The van der Waals surface area contributed by atoms with E-state index >= 15 is 0 Å². The lowest BCUT2D eigenvalue weighted by Gasteiger charge is -2.26. The van der Waals surface area contributed by atoms with Crippen LogP contribution in [-0.2, 0) is 16.1 Å². The molecule has 1 aromatic carbocycles. The van der Waals surface area contributed by atoms with Crippen LogP contribution in [-0.4, -0.2) is 46.7 Å². The zero-order valence-corrected chi connectivity index (χ0v) is 15.3.